The predicted molar refractivity (Wildman–Crippen MR) is 63.4 cm³/mol. The monoisotopic (exact) mass is 247 g/mol. The molecule has 6 heteroatoms. The molecule has 0 spiro atoms. The van der Waals surface area contributed by atoms with Crippen LogP contribution in [0.15, 0.2) is 30.6 Å². The molecular weight excluding hydrogens is 237 g/mol. The molecule has 0 fully saturated rings. The quantitative estimate of drug-likeness (QED) is 0.870. The normalized spacial score (nSPS) is 10.1. The van der Waals surface area contributed by atoms with Crippen molar-refractivity contribution in [3.8, 4) is 0 Å². The van der Waals surface area contributed by atoms with Crippen LogP contribution >= 0.6 is 0 Å². The highest BCUT2D eigenvalue weighted by atomic mass is 19.1. The van der Waals surface area contributed by atoms with E-state index in [4.69, 9.17) is 5.11 Å². The van der Waals surface area contributed by atoms with Crippen molar-refractivity contribution in [1.82, 2.24) is 9.97 Å². The van der Waals surface area contributed by atoms with Crippen LogP contribution in [0.3, 0.4) is 0 Å². The molecule has 1 aromatic carbocycles. The second-order valence-corrected chi connectivity index (χ2v) is 3.68. The standard InChI is InChI=1S/C12H10FN3O2/c1-7-4-8(2-3-9(7)13)15-11-6-14-5-10(16-11)12(17)18/h2-6H,1H3,(H,15,16)(H,17,18). The number of benzene rings is 1. The number of hydrogen-bond acceptors (Lipinski definition) is 4. The number of anilines is 2. The number of aromatic nitrogens is 2. The molecule has 0 saturated heterocycles. The fourth-order valence-corrected chi connectivity index (χ4v) is 1.40. The van der Waals surface area contributed by atoms with Gasteiger partial charge >= 0.3 is 5.97 Å². The fourth-order valence-electron chi connectivity index (χ4n) is 1.40. The minimum atomic E-state index is -1.15. The molecule has 0 saturated carbocycles. The van der Waals surface area contributed by atoms with Crippen LogP contribution in [0.2, 0.25) is 0 Å². The smallest absolute Gasteiger partial charge is 0.356 e. The van der Waals surface area contributed by atoms with Crippen LogP contribution in [0.1, 0.15) is 16.1 Å². The van der Waals surface area contributed by atoms with Crippen LogP contribution in [-0.2, 0) is 0 Å². The number of aryl methyl sites for hydroxylation is 1. The lowest BCUT2D eigenvalue weighted by Crippen LogP contribution is -2.04. The van der Waals surface area contributed by atoms with Gasteiger partial charge in [-0.25, -0.2) is 14.2 Å². The number of carboxylic acid groups (broad SMARTS) is 1. The van der Waals surface area contributed by atoms with Crippen LogP contribution in [0.25, 0.3) is 0 Å². The van der Waals surface area contributed by atoms with Crippen molar-refractivity contribution in [2.75, 3.05) is 5.32 Å². The second-order valence-electron chi connectivity index (χ2n) is 3.68. The maximum Gasteiger partial charge on any atom is 0.356 e. The predicted octanol–water partition coefficient (Wildman–Crippen LogP) is 2.37. The lowest BCUT2D eigenvalue weighted by molar-refractivity contribution is 0.0690. The van der Waals surface area contributed by atoms with Crippen molar-refractivity contribution in [2.45, 2.75) is 6.92 Å². The highest BCUT2D eigenvalue weighted by molar-refractivity contribution is 5.85. The average molecular weight is 247 g/mol. The van der Waals surface area contributed by atoms with E-state index < -0.39 is 5.97 Å². The molecule has 0 aliphatic rings. The number of hydrogen-bond donors (Lipinski definition) is 2. The van der Waals surface area contributed by atoms with E-state index in [0.29, 0.717) is 17.1 Å². The highest BCUT2D eigenvalue weighted by Gasteiger charge is 2.06. The third-order valence-electron chi connectivity index (χ3n) is 2.28. The number of nitrogens with one attached hydrogen (secondary N) is 1. The molecule has 0 aliphatic carbocycles. The molecule has 1 heterocycles. The zero-order valence-electron chi connectivity index (χ0n) is 9.51. The number of carbonyl (C=O) groups is 1. The van der Waals surface area contributed by atoms with Crippen LogP contribution in [0, 0.1) is 12.7 Å². The van der Waals surface area contributed by atoms with Gasteiger partial charge in [0.25, 0.3) is 0 Å². The number of halogens is 1. The van der Waals surface area contributed by atoms with Gasteiger partial charge in [-0.2, -0.15) is 0 Å². The van der Waals surface area contributed by atoms with Gasteiger partial charge in [-0.3, -0.25) is 4.98 Å². The summed E-state index contributed by atoms with van der Waals surface area (Å²) in [4.78, 5) is 18.3. The van der Waals surface area contributed by atoms with E-state index in [1.165, 1.54) is 18.3 Å². The average Bonchev–Trinajstić information content (AvgIpc) is 2.34. The summed E-state index contributed by atoms with van der Waals surface area (Å²) in [5.41, 5.74) is 0.951. The van der Waals surface area contributed by atoms with Crippen LogP contribution < -0.4 is 5.32 Å². The van der Waals surface area contributed by atoms with Gasteiger partial charge in [0, 0.05) is 5.69 Å². The lowest BCUT2D eigenvalue weighted by Gasteiger charge is -2.06. The summed E-state index contributed by atoms with van der Waals surface area (Å²) in [7, 11) is 0. The Morgan fingerprint density at radius 1 is 1.39 bits per heavy atom. The largest absolute Gasteiger partial charge is 0.476 e. The lowest BCUT2D eigenvalue weighted by atomic mass is 10.2. The van der Waals surface area contributed by atoms with Gasteiger partial charge in [0.15, 0.2) is 5.69 Å². The van der Waals surface area contributed by atoms with E-state index in [1.807, 2.05) is 0 Å². The molecule has 1 aromatic heterocycles. The first kappa shape index (κ1) is 12.0. The van der Waals surface area contributed by atoms with Crippen molar-refractivity contribution in [2.24, 2.45) is 0 Å². The van der Waals surface area contributed by atoms with Gasteiger partial charge < -0.3 is 10.4 Å². The first-order chi connectivity index (χ1) is 8.56. The first-order valence-electron chi connectivity index (χ1n) is 5.15. The Balaban J connectivity index is 2.25. The van der Waals surface area contributed by atoms with E-state index in [0.717, 1.165) is 6.20 Å². The summed E-state index contributed by atoms with van der Waals surface area (Å²) in [6.07, 6.45) is 2.55. The number of nitrogens with zero attached hydrogens (tertiary/aromatic N) is 2. The molecule has 0 atom stereocenters. The summed E-state index contributed by atoms with van der Waals surface area (Å²) in [5.74, 6) is -1.16. The second kappa shape index (κ2) is 4.79. The van der Waals surface area contributed by atoms with Crippen molar-refractivity contribution >= 4 is 17.5 Å². The maximum absolute atomic E-state index is 13.1. The zero-order chi connectivity index (χ0) is 13.1. The number of rotatable bonds is 3. The summed E-state index contributed by atoms with van der Waals surface area (Å²) in [6, 6.07) is 4.47. The molecule has 2 aromatic rings. The van der Waals surface area contributed by atoms with Crippen molar-refractivity contribution in [1.29, 1.82) is 0 Å². The Bertz CT molecular complexity index is 602. The highest BCUT2D eigenvalue weighted by Crippen LogP contribution is 2.17. The Hall–Kier alpha value is -2.50. The molecule has 5 nitrogen and oxygen atoms in total. The first-order valence-corrected chi connectivity index (χ1v) is 5.15. The molecule has 2 N–H and O–H groups in total. The molecule has 0 amide bonds. The fraction of sp³-hybridized carbons (Fsp3) is 0.0833. The Morgan fingerprint density at radius 3 is 2.83 bits per heavy atom. The van der Waals surface area contributed by atoms with Crippen LogP contribution in [0.4, 0.5) is 15.9 Å². The summed E-state index contributed by atoms with van der Waals surface area (Å²) in [5, 5.41) is 11.6. The Labute approximate surface area is 102 Å². The Morgan fingerprint density at radius 2 is 2.17 bits per heavy atom. The molecule has 92 valence electrons. The van der Waals surface area contributed by atoms with Gasteiger partial charge in [0.1, 0.15) is 11.6 Å². The summed E-state index contributed by atoms with van der Waals surface area (Å²) in [6.45, 7) is 1.64. The summed E-state index contributed by atoms with van der Waals surface area (Å²) >= 11 is 0. The Kier molecular flexibility index (Phi) is 3.18. The number of aromatic carboxylic acids is 1. The van der Waals surface area contributed by atoms with Gasteiger partial charge in [-0.15, -0.1) is 0 Å². The minimum absolute atomic E-state index is 0.154. The van der Waals surface area contributed by atoms with Crippen LogP contribution in [0.5, 0.6) is 0 Å². The molecule has 2 rings (SSSR count). The molecule has 0 unspecified atom stereocenters. The molecular formula is C12H10FN3O2. The van der Waals surface area contributed by atoms with Gasteiger partial charge in [-0.1, -0.05) is 0 Å². The van der Waals surface area contributed by atoms with E-state index >= 15 is 0 Å². The maximum atomic E-state index is 13.1. The van der Waals surface area contributed by atoms with E-state index in [-0.39, 0.29) is 11.5 Å². The molecule has 0 radical (unpaired) electrons. The SMILES string of the molecule is Cc1cc(Nc2cncc(C(=O)O)n2)ccc1F. The van der Waals surface area contributed by atoms with E-state index in [1.54, 1.807) is 13.0 Å². The minimum Gasteiger partial charge on any atom is -0.476 e. The van der Waals surface area contributed by atoms with E-state index in [9.17, 15) is 9.18 Å². The topological polar surface area (TPSA) is 75.1 Å². The molecule has 0 bridgehead atoms. The third kappa shape index (κ3) is 2.60. The van der Waals surface area contributed by atoms with Gasteiger partial charge in [0.05, 0.1) is 12.4 Å². The summed E-state index contributed by atoms with van der Waals surface area (Å²) < 4.78 is 13.1. The molecule has 18 heavy (non-hydrogen) atoms. The number of carboxylic acids is 1. The molecule has 0 aliphatic heterocycles. The van der Waals surface area contributed by atoms with Crippen molar-refractivity contribution in [3.05, 3.63) is 47.7 Å². The van der Waals surface area contributed by atoms with Gasteiger partial charge in [0.2, 0.25) is 0 Å². The van der Waals surface area contributed by atoms with Crippen molar-refractivity contribution < 1.29 is 14.3 Å². The van der Waals surface area contributed by atoms with E-state index in [2.05, 4.69) is 15.3 Å². The van der Waals surface area contributed by atoms with Crippen LogP contribution in [-0.4, -0.2) is 21.0 Å². The van der Waals surface area contributed by atoms with Crippen molar-refractivity contribution in [3.63, 3.8) is 0 Å². The van der Waals surface area contributed by atoms with Gasteiger partial charge in [-0.05, 0) is 30.7 Å². The third-order valence-corrected chi connectivity index (χ3v) is 2.28. The zero-order valence-corrected chi connectivity index (χ0v) is 9.51.